The quantitative estimate of drug-likeness (QED) is 0.286. The molecule has 0 saturated carbocycles. The summed E-state index contributed by atoms with van der Waals surface area (Å²) in [5.41, 5.74) is 3.65. The first-order valence-corrected chi connectivity index (χ1v) is 13.6. The monoisotopic (exact) mass is 549 g/mol. The van der Waals surface area contributed by atoms with Crippen molar-refractivity contribution in [1.82, 2.24) is 9.80 Å². The summed E-state index contributed by atoms with van der Waals surface area (Å²) >= 11 is 0. The molecule has 2 heterocycles. The van der Waals surface area contributed by atoms with E-state index in [0.717, 1.165) is 16.7 Å². The van der Waals surface area contributed by atoms with Crippen LogP contribution in [0.25, 0.3) is 11.1 Å². The summed E-state index contributed by atoms with van der Waals surface area (Å²) in [6.45, 7) is 5.57. The Kier molecular flexibility index (Phi) is 8.77. The van der Waals surface area contributed by atoms with E-state index in [-0.39, 0.29) is 23.7 Å². The average Bonchev–Trinajstić information content (AvgIpc) is 3.01. The van der Waals surface area contributed by atoms with Crippen molar-refractivity contribution in [3.05, 3.63) is 118 Å². The van der Waals surface area contributed by atoms with Gasteiger partial charge in [0.1, 0.15) is 24.4 Å². The van der Waals surface area contributed by atoms with E-state index in [2.05, 4.69) is 11.0 Å². The Morgan fingerprint density at radius 2 is 1.66 bits per heavy atom. The van der Waals surface area contributed by atoms with Crippen LogP contribution in [0.1, 0.15) is 34.2 Å². The third-order valence-corrected chi connectivity index (χ3v) is 7.02. The number of benzene rings is 3. The fraction of sp³-hybridized carbons (Fsp3) is 0.242. The highest BCUT2D eigenvalue weighted by Gasteiger charge is 2.24. The minimum absolute atomic E-state index is 0.0386. The number of hydrogen-bond acceptors (Lipinski definition) is 7. The summed E-state index contributed by atoms with van der Waals surface area (Å²) in [5, 5.41) is 9.35. The Balaban J connectivity index is 1.13. The number of carbonyl (C=O) groups is 1. The van der Waals surface area contributed by atoms with E-state index in [1.807, 2.05) is 72.5 Å². The first kappa shape index (κ1) is 27.7. The SMILES string of the molecule is CCOc1ccccc1C(=O)N1CCN(Cc2cc(=O)c(OCc3ccc(-c4ccccc4C#N)cc3)co2)CC1. The highest BCUT2D eigenvalue weighted by Crippen LogP contribution is 2.24. The van der Waals surface area contributed by atoms with Crippen LogP contribution in [0.2, 0.25) is 0 Å². The molecule has 8 heteroatoms. The molecule has 0 unspecified atom stereocenters. The van der Waals surface area contributed by atoms with E-state index >= 15 is 0 Å². The lowest BCUT2D eigenvalue weighted by molar-refractivity contribution is 0.0615. The zero-order valence-corrected chi connectivity index (χ0v) is 22.9. The molecule has 0 radical (unpaired) electrons. The van der Waals surface area contributed by atoms with Crippen molar-refractivity contribution in [2.75, 3.05) is 32.8 Å². The Labute approximate surface area is 239 Å². The fourth-order valence-corrected chi connectivity index (χ4v) is 4.83. The van der Waals surface area contributed by atoms with Gasteiger partial charge in [0.15, 0.2) is 0 Å². The highest BCUT2D eigenvalue weighted by molar-refractivity contribution is 5.97. The third kappa shape index (κ3) is 6.65. The van der Waals surface area contributed by atoms with Crippen molar-refractivity contribution in [1.29, 1.82) is 5.26 Å². The molecule has 41 heavy (non-hydrogen) atoms. The van der Waals surface area contributed by atoms with Crippen LogP contribution in [-0.2, 0) is 13.2 Å². The Hall–Kier alpha value is -4.87. The smallest absolute Gasteiger partial charge is 0.257 e. The number of piperazine rings is 1. The summed E-state index contributed by atoms with van der Waals surface area (Å²) < 4.78 is 17.1. The number of amides is 1. The summed E-state index contributed by atoms with van der Waals surface area (Å²) in [5.74, 6) is 1.26. The number of ether oxygens (including phenoxy) is 2. The molecular weight excluding hydrogens is 518 g/mol. The molecule has 1 amide bonds. The van der Waals surface area contributed by atoms with Crippen LogP contribution in [-0.4, -0.2) is 48.5 Å². The number of nitriles is 1. The van der Waals surface area contributed by atoms with Gasteiger partial charge in [0.05, 0.1) is 30.3 Å². The maximum atomic E-state index is 13.1. The Bertz CT molecular complexity index is 1600. The molecule has 1 fully saturated rings. The largest absolute Gasteiger partial charge is 0.493 e. The van der Waals surface area contributed by atoms with Crippen LogP contribution >= 0.6 is 0 Å². The number of para-hydroxylation sites is 1. The first-order valence-electron chi connectivity index (χ1n) is 13.6. The number of hydrogen-bond donors (Lipinski definition) is 0. The van der Waals surface area contributed by atoms with Crippen molar-refractivity contribution in [2.24, 2.45) is 0 Å². The van der Waals surface area contributed by atoms with E-state index in [1.165, 1.54) is 12.3 Å². The van der Waals surface area contributed by atoms with E-state index in [9.17, 15) is 14.9 Å². The summed E-state index contributed by atoms with van der Waals surface area (Å²) in [4.78, 5) is 29.7. The summed E-state index contributed by atoms with van der Waals surface area (Å²) in [7, 11) is 0. The molecule has 4 aromatic rings. The molecule has 1 aliphatic rings. The molecule has 208 valence electrons. The van der Waals surface area contributed by atoms with Crippen LogP contribution < -0.4 is 14.9 Å². The van der Waals surface area contributed by atoms with E-state index < -0.39 is 0 Å². The van der Waals surface area contributed by atoms with Gasteiger partial charge >= 0.3 is 0 Å². The van der Waals surface area contributed by atoms with E-state index in [0.29, 0.717) is 62.0 Å². The standard InChI is InChI=1S/C33H31N3O5/c1-2-39-31-10-6-5-9-29(31)33(38)36-17-15-35(16-18-36)21-27-19-30(37)32(23-40-27)41-22-24-11-13-25(14-12-24)28-8-4-3-7-26(28)20-34/h3-14,19,23H,2,15-18,21-22H2,1H3. The highest BCUT2D eigenvalue weighted by atomic mass is 16.5. The average molecular weight is 550 g/mol. The van der Waals surface area contributed by atoms with Crippen molar-refractivity contribution in [2.45, 2.75) is 20.1 Å². The molecular formula is C33H31N3O5. The minimum atomic E-state index is -0.243. The molecule has 0 aliphatic carbocycles. The van der Waals surface area contributed by atoms with Gasteiger partial charge in [-0.2, -0.15) is 5.26 Å². The molecule has 8 nitrogen and oxygen atoms in total. The van der Waals surface area contributed by atoms with Crippen molar-refractivity contribution in [3.63, 3.8) is 0 Å². The van der Waals surface area contributed by atoms with Crippen molar-refractivity contribution >= 4 is 5.91 Å². The Morgan fingerprint density at radius 1 is 0.927 bits per heavy atom. The summed E-state index contributed by atoms with van der Waals surface area (Å²) in [6.07, 6.45) is 1.36. The van der Waals surface area contributed by atoms with Gasteiger partial charge in [0, 0.05) is 32.2 Å². The number of carbonyl (C=O) groups excluding carboxylic acids is 1. The van der Waals surface area contributed by atoms with Crippen LogP contribution in [0.4, 0.5) is 0 Å². The predicted octanol–water partition coefficient (Wildman–Crippen LogP) is 5.11. The third-order valence-electron chi connectivity index (χ3n) is 7.02. The van der Waals surface area contributed by atoms with Crippen LogP contribution in [0, 0.1) is 11.3 Å². The molecule has 0 N–H and O–H groups in total. The van der Waals surface area contributed by atoms with Crippen molar-refractivity contribution in [3.8, 4) is 28.7 Å². The Morgan fingerprint density at radius 3 is 2.39 bits per heavy atom. The van der Waals surface area contributed by atoms with Crippen LogP contribution in [0.15, 0.2) is 94.3 Å². The van der Waals surface area contributed by atoms with Gasteiger partial charge < -0.3 is 18.8 Å². The molecule has 0 atom stereocenters. The molecule has 5 rings (SSSR count). The summed E-state index contributed by atoms with van der Waals surface area (Å²) in [6, 6.07) is 26.2. The topological polar surface area (TPSA) is 96.0 Å². The minimum Gasteiger partial charge on any atom is -0.493 e. The van der Waals surface area contributed by atoms with Crippen LogP contribution in [0.3, 0.4) is 0 Å². The lowest BCUT2D eigenvalue weighted by Crippen LogP contribution is -2.48. The maximum Gasteiger partial charge on any atom is 0.257 e. The molecule has 0 bridgehead atoms. The van der Waals surface area contributed by atoms with Gasteiger partial charge in [-0.3, -0.25) is 14.5 Å². The van der Waals surface area contributed by atoms with Gasteiger partial charge in [-0.25, -0.2) is 0 Å². The number of nitrogens with zero attached hydrogens (tertiary/aromatic N) is 3. The van der Waals surface area contributed by atoms with Crippen molar-refractivity contribution < 1.29 is 18.7 Å². The van der Waals surface area contributed by atoms with Gasteiger partial charge in [-0.05, 0) is 41.8 Å². The van der Waals surface area contributed by atoms with E-state index in [1.54, 1.807) is 12.1 Å². The molecule has 1 aliphatic heterocycles. The second-order valence-corrected chi connectivity index (χ2v) is 9.72. The van der Waals surface area contributed by atoms with Gasteiger partial charge in [0.25, 0.3) is 5.91 Å². The molecule has 1 aromatic heterocycles. The first-order chi connectivity index (χ1) is 20.1. The van der Waals surface area contributed by atoms with Crippen LogP contribution in [0.5, 0.6) is 11.5 Å². The number of rotatable bonds is 9. The predicted molar refractivity (Wildman–Crippen MR) is 155 cm³/mol. The molecule has 0 spiro atoms. The second kappa shape index (κ2) is 13.0. The van der Waals surface area contributed by atoms with Gasteiger partial charge in [-0.15, -0.1) is 0 Å². The normalized spacial score (nSPS) is 13.4. The lowest BCUT2D eigenvalue weighted by Gasteiger charge is -2.34. The molecule has 1 saturated heterocycles. The zero-order chi connectivity index (χ0) is 28.6. The molecule has 3 aromatic carbocycles. The lowest BCUT2D eigenvalue weighted by atomic mass is 9.99. The fourth-order valence-electron chi connectivity index (χ4n) is 4.83. The van der Waals surface area contributed by atoms with Gasteiger partial charge in [0.2, 0.25) is 11.2 Å². The zero-order valence-electron chi connectivity index (χ0n) is 22.9. The maximum absolute atomic E-state index is 13.1. The second-order valence-electron chi connectivity index (χ2n) is 9.72. The van der Waals surface area contributed by atoms with E-state index in [4.69, 9.17) is 13.9 Å². The van der Waals surface area contributed by atoms with Gasteiger partial charge in [-0.1, -0.05) is 54.6 Å².